The zero-order chi connectivity index (χ0) is 22.2. The highest BCUT2D eigenvalue weighted by Gasteiger charge is 2.28. The fourth-order valence-corrected chi connectivity index (χ4v) is 3.50. The monoisotopic (exact) mass is 426 g/mol. The van der Waals surface area contributed by atoms with Crippen LogP contribution in [0.3, 0.4) is 0 Å². The highest BCUT2D eigenvalue weighted by atomic mass is 16.2. The molecule has 2 atom stereocenters. The molecule has 1 saturated heterocycles. The zero-order valence-electron chi connectivity index (χ0n) is 18.0. The van der Waals surface area contributed by atoms with E-state index in [9.17, 15) is 14.4 Å². The molecule has 31 heavy (non-hydrogen) atoms. The molecule has 0 saturated carbocycles. The normalized spacial score (nSPS) is 16.4. The second-order valence-electron chi connectivity index (χ2n) is 7.95. The van der Waals surface area contributed by atoms with Crippen LogP contribution in [0.1, 0.15) is 18.9 Å². The molecule has 0 aliphatic carbocycles. The van der Waals surface area contributed by atoms with E-state index in [0.29, 0.717) is 19.5 Å². The van der Waals surface area contributed by atoms with Gasteiger partial charge in [-0.15, -0.1) is 0 Å². The van der Waals surface area contributed by atoms with Gasteiger partial charge in [0, 0.05) is 45.0 Å². The van der Waals surface area contributed by atoms with Crippen molar-refractivity contribution in [2.75, 3.05) is 38.7 Å². The molecule has 3 amide bonds. The lowest BCUT2D eigenvalue weighted by Crippen LogP contribution is -2.49. The van der Waals surface area contributed by atoms with E-state index >= 15 is 0 Å². The second-order valence-corrected chi connectivity index (χ2v) is 7.95. The van der Waals surface area contributed by atoms with Gasteiger partial charge < -0.3 is 15.2 Å². The first kappa shape index (κ1) is 22.5. The van der Waals surface area contributed by atoms with Crippen molar-refractivity contribution in [3.8, 4) is 0 Å². The summed E-state index contributed by atoms with van der Waals surface area (Å²) in [5.41, 5.74) is 3.87. The maximum atomic E-state index is 13.0. The average Bonchev–Trinajstić information content (AvgIpc) is 3.27. The number of hydrogen-bond donors (Lipinski definition) is 2. The van der Waals surface area contributed by atoms with Crippen molar-refractivity contribution < 1.29 is 14.4 Å². The van der Waals surface area contributed by atoms with Crippen molar-refractivity contribution in [3.63, 3.8) is 0 Å². The van der Waals surface area contributed by atoms with Crippen LogP contribution in [0, 0.1) is 5.92 Å². The molecule has 1 aromatic carbocycles. The van der Waals surface area contributed by atoms with Gasteiger partial charge in [-0.1, -0.05) is 30.3 Å². The van der Waals surface area contributed by atoms with Crippen LogP contribution in [0.5, 0.6) is 0 Å². The van der Waals surface area contributed by atoms with Gasteiger partial charge in [0.2, 0.25) is 17.7 Å². The molecule has 0 radical (unpaired) electrons. The van der Waals surface area contributed by atoms with E-state index < -0.39 is 23.8 Å². The Kier molecular flexibility index (Phi) is 7.77. The van der Waals surface area contributed by atoms with Gasteiger partial charge in [0.1, 0.15) is 12.4 Å². The van der Waals surface area contributed by atoms with Gasteiger partial charge in [-0.05, 0) is 26.0 Å². The predicted molar refractivity (Wildman–Crippen MR) is 117 cm³/mol. The third-order valence-corrected chi connectivity index (χ3v) is 5.46. The summed E-state index contributed by atoms with van der Waals surface area (Å²) in [5, 5.41) is 2.47. The van der Waals surface area contributed by atoms with Crippen LogP contribution in [-0.2, 0) is 20.8 Å². The summed E-state index contributed by atoms with van der Waals surface area (Å²) in [5.74, 6) is -1.57. The highest BCUT2D eigenvalue weighted by molar-refractivity contribution is 6.00. The molecule has 2 N–H and O–H groups in total. The van der Waals surface area contributed by atoms with E-state index in [1.165, 1.54) is 6.33 Å². The Morgan fingerprint density at radius 1 is 1.06 bits per heavy atom. The fraction of sp³-hybridized carbons (Fsp3) is 0.455. The molecule has 1 aliphatic heterocycles. The van der Waals surface area contributed by atoms with E-state index in [-0.39, 0.29) is 12.3 Å². The van der Waals surface area contributed by atoms with Crippen molar-refractivity contribution in [2.45, 2.75) is 25.8 Å². The lowest BCUT2D eigenvalue weighted by atomic mass is 9.94. The molecule has 1 unspecified atom stereocenters. The average molecular weight is 427 g/mol. The smallest absolute Gasteiger partial charge is 0.250 e. The van der Waals surface area contributed by atoms with E-state index in [1.807, 2.05) is 37.4 Å². The number of aromatic nitrogens is 2. The van der Waals surface area contributed by atoms with Crippen molar-refractivity contribution in [1.29, 1.82) is 0 Å². The number of hydrogen-bond acceptors (Lipinski definition) is 6. The minimum atomic E-state index is -0.649. The number of nitrogens with one attached hydrogen (secondary N) is 2. The van der Waals surface area contributed by atoms with Crippen LogP contribution in [-0.4, -0.2) is 76.4 Å². The molecule has 3 rings (SSSR count). The number of carbonyl (C=O) groups excluding carboxylic acids is 3. The predicted octanol–water partition coefficient (Wildman–Crippen LogP) is 0.481. The number of benzene rings is 1. The SMILES string of the molecule is C[C@@H](Nn1ccnc1)C(=O)NC(=O)C(CC(=O)N1CCN(C)CC1)Cc1ccccc1. The number of imide groups is 1. The third kappa shape index (κ3) is 6.65. The molecule has 166 valence electrons. The summed E-state index contributed by atoms with van der Waals surface area (Å²) in [6.45, 7) is 4.60. The number of amides is 3. The highest BCUT2D eigenvalue weighted by Crippen LogP contribution is 2.16. The van der Waals surface area contributed by atoms with Gasteiger partial charge in [0.05, 0.1) is 5.92 Å². The fourth-order valence-electron chi connectivity index (χ4n) is 3.50. The van der Waals surface area contributed by atoms with E-state index in [2.05, 4.69) is 20.6 Å². The van der Waals surface area contributed by atoms with Crippen molar-refractivity contribution >= 4 is 17.7 Å². The summed E-state index contributed by atoms with van der Waals surface area (Å²) >= 11 is 0. The Balaban J connectivity index is 1.63. The number of rotatable bonds is 8. The largest absolute Gasteiger partial charge is 0.340 e. The van der Waals surface area contributed by atoms with Crippen LogP contribution >= 0.6 is 0 Å². The molecular formula is C22H30N6O3. The molecule has 0 spiro atoms. The zero-order valence-corrected chi connectivity index (χ0v) is 18.0. The maximum Gasteiger partial charge on any atom is 0.250 e. The van der Waals surface area contributed by atoms with Crippen LogP contribution in [0.4, 0.5) is 0 Å². The van der Waals surface area contributed by atoms with Crippen molar-refractivity contribution in [3.05, 3.63) is 54.6 Å². The van der Waals surface area contributed by atoms with Gasteiger partial charge in [-0.3, -0.25) is 24.4 Å². The first-order chi connectivity index (χ1) is 14.9. The van der Waals surface area contributed by atoms with Gasteiger partial charge in [-0.2, -0.15) is 0 Å². The second kappa shape index (κ2) is 10.7. The molecule has 1 aliphatic rings. The molecule has 1 fully saturated rings. The Morgan fingerprint density at radius 3 is 2.42 bits per heavy atom. The number of piperazine rings is 1. The first-order valence-electron chi connectivity index (χ1n) is 10.5. The molecule has 1 aromatic heterocycles. The van der Waals surface area contributed by atoms with Crippen molar-refractivity contribution in [1.82, 2.24) is 24.8 Å². The molecule has 9 heteroatoms. The van der Waals surface area contributed by atoms with E-state index in [0.717, 1.165) is 18.7 Å². The summed E-state index contributed by atoms with van der Waals surface area (Å²) in [7, 11) is 2.03. The molecule has 2 heterocycles. The molecule has 0 bridgehead atoms. The lowest BCUT2D eigenvalue weighted by molar-refractivity contribution is -0.139. The Hall–Kier alpha value is -3.20. The Morgan fingerprint density at radius 2 is 1.77 bits per heavy atom. The summed E-state index contributed by atoms with van der Waals surface area (Å²) < 4.78 is 1.55. The number of imidazole rings is 1. The van der Waals surface area contributed by atoms with Gasteiger partial charge in [0.25, 0.3) is 0 Å². The third-order valence-electron chi connectivity index (χ3n) is 5.46. The summed E-state index contributed by atoms with van der Waals surface area (Å²) in [4.78, 5) is 46.3. The van der Waals surface area contributed by atoms with Crippen molar-refractivity contribution in [2.24, 2.45) is 5.92 Å². The number of nitrogens with zero attached hydrogens (tertiary/aromatic N) is 4. The standard InChI is InChI=1S/C22H30N6O3/c1-17(25-28-9-8-23-16-28)21(30)24-22(31)19(14-18-6-4-3-5-7-18)15-20(29)27-12-10-26(2)11-13-27/h3-9,16-17,19,25H,10-15H2,1-2H3,(H,24,30,31)/t17-,19?/m1/s1. The number of likely N-dealkylation sites (N-methyl/N-ethyl adjacent to an activating group) is 1. The Bertz CT molecular complexity index is 863. The van der Waals surface area contributed by atoms with Gasteiger partial charge in [-0.25, -0.2) is 4.98 Å². The van der Waals surface area contributed by atoms with Crippen LogP contribution in [0.2, 0.25) is 0 Å². The molecule has 9 nitrogen and oxygen atoms in total. The minimum Gasteiger partial charge on any atom is -0.340 e. The molecular weight excluding hydrogens is 396 g/mol. The van der Waals surface area contributed by atoms with E-state index in [1.54, 1.807) is 28.9 Å². The molecule has 2 aromatic rings. The van der Waals surface area contributed by atoms with Crippen LogP contribution in [0.15, 0.2) is 49.1 Å². The minimum absolute atomic E-state index is 0.0544. The number of carbonyl (C=O) groups is 3. The first-order valence-corrected chi connectivity index (χ1v) is 10.5. The maximum absolute atomic E-state index is 13.0. The lowest BCUT2D eigenvalue weighted by Gasteiger charge is -2.33. The van der Waals surface area contributed by atoms with Crippen LogP contribution in [0.25, 0.3) is 0 Å². The van der Waals surface area contributed by atoms with Crippen LogP contribution < -0.4 is 10.7 Å². The van der Waals surface area contributed by atoms with Gasteiger partial charge >= 0.3 is 0 Å². The Labute approximate surface area is 182 Å². The topological polar surface area (TPSA) is 99.6 Å². The quantitative estimate of drug-likeness (QED) is 0.637. The van der Waals surface area contributed by atoms with E-state index in [4.69, 9.17) is 0 Å². The van der Waals surface area contributed by atoms with Gasteiger partial charge in [0.15, 0.2) is 0 Å². The summed E-state index contributed by atoms with van der Waals surface area (Å²) in [6.07, 6.45) is 5.24. The summed E-state index contributed by atoms with van der Waals surface area (Å²) in [6, 6.07) is 8.89.